The molecule has 9 heteroatoms. The molecule has 0 radical (unpaired) electrons. The highest BCUT2D eigenvalue weighted by Crippen LogP contribution is 2.37. The normalized spacial score (nSPS) is 17.1. The number of nitrogens with zero attached hydrogens (tertiary/aromatic N) is 2. The molecule has 1 aliphatic rings. The Hall–Kier alpha value is -3.04. The van der Waals surface area contributed by atoms with E-state index in [0.29, 0.717) is 17.8 Å². The number of carbonyl (C=O) groups is 1. The molecular formula is C20H16F2N2O4S. The Morgan fingerprint density at radius 3 is 2.38 bits per heavy atom. The Bertz CT molecular complexity index is 1190. The van der Waals surface area contributed by atoms with Gasteiger partial charge in [-0.25, -0.2) is 22.0 Å². The van der Waals surface area contributed by atoms with Crippen molar-refractivity contribution in [3.63, 3.8) is 0 Å². The predicted molar refractivity (Wildman–Crippen MR) is 99.9 cm³/mol. The maximum absolute atomic E-state index is 13.9. The molecule has 3 aromatic rings. The lowest BCUT2D eigenvalue weighted by atomic mass is 10.0. The van der Waals surface area contributed by atoms with E-state index in [9.17, 15) is 22.0 Å². The zero-order chi connectivity index (χ0) is 20.8. The molecule has 0 bridgehead atoms. The van der Waals surface area contributed by atoms with Crippen molar-refractivity contribution in [3.05, 3.63) is 89.2 Å². The average molecular weight is 418 g/mol. The van der Waals surface area contributed by atoms with Gasteiger partial charge in [0.05, 0.1) is 16.5 Å². The van der Waals surface area contributed by atoms with Gasteiger partial charge in [-0.1, -0.05) is 6.07 Å². The number of rotatable bonds is 4. The van der Waals surface area contributed by atoms with Gasteiger partial charge in [0.2, 0.25) is 10.0 Å². The van der Waals surface area contributed by atoms with Crippen molar-refractivity contribution in [3.8, 4) is 0 Å². The van der Waals surface area contributed by atoms with Gasteiger partial charge < -0.3 is 9.67 Å². The molecule has 2 aromatic carbocycles. The average Bonchev–Trinajstić information content (AvgIpc) is 3.18. The summed E-state index contributed by atoms with van der Waals surface area (Å²) in [5.74, 6) is -3.24. The van der Waals surface area contributed by atoms with Crippen LogP contribution in [0.5, 0.6) is 0 Å². The number of benzene rings is 2. The highest BCUT2D eigenvalue weighted by Gasteiger charge is 2.38. The summed E-state index contributed by atoms with van der Waals surface area (Å²) in [6, 6.07) is 10.9. The summed E-state index contributed by atoms with van der Waals surface area (Å²) in [5.41, 5.74) is 0.899. The molecule has 1 unspecified atom stereocenters. The summed E-state index contributed by atoms with van der Waals surface area (Å²) in [6.07, 6.45) is 1.80. The second kappa shape index (κ2) is 7.09. The number of aromatic carboxylic acids is 1. The minimum Gasteiger partial charge on any atom is -0.478 e. The fourth-order valence-electron chi connectivity index (χ4n) is 3.55. The molecule has 0 saturated heterocycles. The van der Waals surface area contributed by atoms with Crippen molar-refractivity contribution in [1.82, 2.24) is 8.87 Å². The van der Waals surface area contributed by atoms with Gasteiger partial charge in [0.15, 0.2) is 11.6 Å². The number of hydrogen-bond acceptors (Lipinski definition) is 3. The second-order valence-electron chi connectivity index (χ2n) is 6.65. The summed E-state index contributed by atoms with van der Waals surface area (Å²) in [7, 11) is -4.03. The molecule has 1 atom stereocenters. The minimum atomic E-state index is -4.03. The number of fused-ring (bicyclic) bond motifs is 1. The van der Waals surface area contributed by atoms with Crippen LogP contribution in [0.2, 0.25) is 0 Å². The topological polar surface area (TPSA) is 79.6 Å². The Morgan fingerprint density at radius 1 is 1.00 bits per heavy atom. The van der Waals surface area contributed by atoms with Gasteiger partial charge >= 0.3 is 5.97 Å². The van der Waals surface area contributed by atoms with E-state index < -0.39 is 33.7 Å². The lowest BCUT2D eigenvalue weighted by Gasteiger charge is -2.36. The van der Waals surface area contributed by atoms with Crippen molar-refractivity contribution < 1.29 is 27.1 Å². The van der Waals surface area contributed by atoms with E-state index in [2.05, 4.69) is 0 Å². The van der Waals surface area contributed by atoms with Crippen LogP contribution in [0.4, 0.5) is 8.78 Å². The molecule has 6 nitrogen and oxygen atoms in total. The third-order valence-electron chi connectivity index (χ3n) is 4.96. The van der Waals surface area contributed by atoms with Gasteiger partial charge in [0, 0.05) is 25.0 Å². The van der Waals surface area contributed by atoms with Crippen LogP contribution in [0, 0.1) is 11.6 Å². The molecule has 1 aliphatic heterocycles. The van der Waals surface area contributed by atoms with Gasteiger partial charge in [-0.05, 0) is 54.1 Å². The quantitative estimate of drug-likeness (QED) is 0.705. The van der Waals surface area contributed by atoms with Crippen LogP contribution >= 0.6 is 0 Å². The molecule has 0 aliphatic carbocycles. The van der Waals surface area contributed by atoms with Crippen LogP contribution in [0.3, 0.4) is 0 Å². The van der Waals surface area contributed by atoms with Crippen LogP contribution in [0.1, 0.15) is 27.7 Å². The summed E-state index contributed by atoms with van der Waals surface area (Å²) in [5, 5.41) is 9.02. The van der Waals surface area contributed by atoms with E-state index in [0.717, 1.165) is 12.1 Å². The predicted octanol–water partition coefficient (Wildman–Crippen LogP) is 3.26. The molecule has 29 heavy (non-hydrogen) atoms. The SMILES string of the molecule is O=C(O)c1ccc(S(=O)(=O)N2CCn3cccc3C2c2ccc(F)c(F)c2)cc1. The fraction of sp³-hybridized carbons (Fsp3) is 0.150. The van der Waals surface area contributed by atoms with E-state index in [4.69, 9.17) is 5.11 Å². The minimum absolute atomic E-state index is 0.0337. The first-order chi connectivity index (χ1) is 13.8. The number of halogens is 2. The van der Waals surface area contributed by atoms with Gasteiger partial charge in [0.25, 0.3) is 0 Å². The largest absolute Gasteiger partial charge is 0.478 e. The lowest BCUT2D eigenvalue weighted by molar-refractivity contribution is 0.0696. The van der Waals surface area contributed by atoms with Crippen molar-refractivity contribution in [2.75, 3.05) is 6.54 Å². The van der Waals surface area contributed by atoms with Crippen molar-refractivity contribution in [1.29, 1.82) is 0 Å². The Kier molecular flexibility index (Phi) is 4.71. The Balaban J connectivity index is 1.82. The van der Waals surface area contributed by atoms with E-state index in [1.54, 1.807) is 18.3 Å². The van der Waals surface area contributed by atoms with Gasteiger partial charge in [0.1, 0.15) is 0 Å². The monoisotopic (exact) mass is 418 g/mol. The zero-order valence-electron chi connectivity index (χ0n) is 15.0. The van der Waals surface area contributed by atoms with Crippen LogP contribution in [-0.2, 0) is 16.6 Å². The van der Waals surface area contributed by atoms with E-state index in [1.807, 2.05) is 4.57 Å². The van der Waals surface area contributed by atoms with Crippen LogP contribution < -0.4 is 0 Å². The molecule has 1 aromatic heterocycles. The maximum atomic E-state index is 13.9. The number of aromatic nitrogens is 1. The van der Waals surface area contributed by atoms with Crippen molar-refractivity contribution >= 4 is 16.0 Å². The zero-order valence-corrected chi connectivity index (χ0v) is 15.8. The highest BCUT2D eigenvalue weighted by atomic mass is 32.2. The van der Waals surface area contributed by atoms with Crippen LogP contribution in [-0.4, -0.2) is 34.9 Å². The fourth-order valence-corrected chi connectivity index (χ4v) is 5.13. The van der Waals surface area contributed by atoms with E-state index in [-0.39, 0.29) is 17.0 Å². The van der Waals surface area contributed by atoms with Crippen LogP contribution in [0.15, 0.2) is 65.7 Å². The number of sulfonamides is 1. The first-order valence-electron chi connectivity index (χ1n) is 8.74. The first kappa shape index (κ1) is 19.3. The number of hydrogen-bond donors (Lipinski definition) is 1. The summed E-state index contributed by atoms with van der Waals surface area (Å²) in [4.78, 5) is 11.0. The summed E-state index contributed by atoms with van der Waals surface area (Å²) in [6.45, 7) is 0.517. The molecule has 0 spiro atoms. The van der Waals surface area contributed by atoms with Gasteiger partial charge in [-0.15, -0.1) is 0 Å². The van der Waals surface area contributed by atoms with Gasteiger partial charge in [-0.2, -0.15) is 4.31 Å². The van der Waals surface area contributed by atoms with E-state index >= 15 is 0 Å². The van der Waals surface area contributed by atoms with Gasteiger partial charge in [-0.3, -0.25) is 0 Å². The smallest absolute Gasteiger partial charge is 0.335 e. The number of carboxylic acid groups (broad SMARTS) is 1. The Labute approximate surface area is 165 Å². The summed E-state index contributed by atoms with van der Waals surface area (Å²) >= 11 is 0. The molecule has 150 valence electrons. The molecule has 0 amide bonds. The molecule has 0 fully saturated rings. The first-order valence-corrected chi connectivity index (χ1v) is 10.2. The molecule has 2 heterocycles. The standard InChI is InChI=1S/C20H16F2N2O4S/c21-16-8-5-14(12-17(16)22)19-18-2-1-9-23(18)10-11-24(19)29(27,28)15-6-3-13(4-7-15)20(25)26/h1-9,12,19H,10-11H2,(H,25,26). The third-order valence-corrected chi connectivity index (χ3v) is 6.84. The molecular weight excluding hydrogens is 402 g/mol. The summed E-state index contributed by atoms with van der Waals surface area (Å²) < 4.78 is 57.1. The highest BCUT2D eigenvalue weighted by molar-refractivity contribution is 7.89. The third kappa shape index (κ3) is 3.32. The van der Waals surface area contributed by atoms with Crippen LogP contribution in [0.25, 0.3) is 0 Å². The molecule has 1 N–H and O–H groups in total. The molecule has 0 saturated carbocycles. The van der Waals surface area contributed by atoms with Crippen molar-refractivity contribution in [2.45, 2.75) is 17.5 Å². The van der Waals surface area contributed by atoms with Crippen molar-refractivity contribution in [2.24, 2.45) is 0 Å². The Morgan fingerprint density at radius 2 is 1.72 bits per heavy atom. The molecule has 4 rings (SSSR count). The maximum Gasteiger partial charge on any atom is 0.335 e. The second-order valence-corrected chi connectivity index (χ2v) is 8.54. The number of carboxylic acids is 1. The van der Waals surface area contributed by atoms with E-state index in [1.165, 1.54) is 34.6 Å². The lowest BCUT2D eigenvalue weighted by Crippen LogP contribution is -2.42.